The molecule has 0 spiro atoms. The van der Waals surface area contributed by atoms with E-state index >= 15 is 0 Å². The van der Waals surface area contributed by atoms with E-state index in [1.54, 1.807) is 0 Å². The molecule has 1 aliphatic rings. The molecule has 2 atom stereocenters. The molecule has 0 saturated carbocycles. The Morgan fingerprint density at radius 1 is 1.89 bits per heavy atom. The van der Waals surface area contributed by atoms with Crippen molar-refractivity contribution in [2.45, 2.75) is 19.4 Å². The maximum atomic E-state index is 9.91. The standard InChI is InChI=1S/C6H11NO2/c1-5-4-7(5)3-2-6(8)9/h5H,2-4H2,1H3,(H,8,9)/t5-,7?/m0/s1. The van der Waals surface area contributed by atoms with Crippen molar-refractivity contribution >= 4 is 5.97 Å². The second kappa shape index (κ2) is 2.35. The molecule has 0 bridgehead atoms. The van der Waals surface area contributed by atoms with Crippen LogP contribution in [0.25, 0.3) is 0 Å². The predicted octanol–water partition coefficient (Wildman–Crippen LogP) is -2.59. The number of carbonyl (C=O) groups excluding carboxylic acids is 1. The van der Waals surface area contributed by atoms with E-state index in [2.05, 4.69) is 6.92 Å². The van der Waals surface area contributed by atoms with Crippen LogP contribution in [0.1, 0.15) is 13.3 Å². The first kappa shape index (κ1) is 6.55. The third-order valence-corrected chi connectivity index (χ3v) is 1.76. The van der Waals surface area contributed by atoms with Gasteiger partial charge in [0.05, 0.1) is 6.54 Å². The van der Waals surface area contributed by atoms with Gasteiger partial charge in [-0.3, -0.25) is 0 Å². The van der Waals surface area contributed by atoms with Gasteiger partial charge in [-0.25, -0.2) is 0 Å². The van der Waals surface area contributed by atoms with Gasteiger partial charge >= 0.3 is 0 Å². The molecule has 1 saturated heterocycles. The van der Waals surface area contributed by atoms with E-state index in [4.69, 9.17) is 0 Å². The van der Waals surface area contributed by atoms with Gasteiger partial charge in [0, 0.05) is 12.4 Å². The monoisotopic (exact) mass is 129 g/mol. The summed E-state index contributed by atoms with van der Waals surface area (Å²) < 4.78 is 0. The zero-order chi connectivity index (χ0) is 6.85. The molecule has 0 aromatic heterocycles. The van der Waals surface area contributed by atoms with E-state index in [9.17, 15) is 9.90 Å². The number of hydrogen-bond donors (Lipinski definition) is 1. The molecule has 1 N–H and O–H groups in total. The highest BCUT2D eigenvalue weighted by atomic mass is 16.4. The first-order valence-electron chi connectivity index (χ1n) is 3.24. The lowest BCUT2D eigenvalue weighted by atomic mass is 10.4. The summed E-state index contributed by atoms with van der Waals surface area (Å²) in [6.45, 7) is 3.99. The van der Waals surface area contributed by atoms with Gasteiger partial charge in [-0.15, -0.1) is 0 Å². The molecule has 0 radical (unpaired) electrons. The molecule has 1 rings (SSSR count). The summed E-state index contributed by atoms with van der Waals surface area (Å²) >= 11 is 0. The van der Waals surface area contributed by atoms with E-state index < -0.39 is 5.97 Å². The topological polar surface area (TPSA) is 44.6 Å². The molecular weight excluding hydrogens is 118 g/mol. The van der Waals surface area contributed by atoms with Crippen molar-refractivity contribution in [3.05, 3.63) is 0 Å². The number of carboxylic acids is 1. The maximum absolute atomic E-state index is 9.91. The van der Waals surface area contributed by atoms with Gasteiger partial charge in [0.15, 0.2) is 0 Å². The van der Waals surface area contributed by atoms with E-state index in [1.165, 1.54) is 4.90 Å². The normalized spacial score (nSPS) is 32.1. The van der Waals surface area contributed by atoms with Crippen LogP contribution in [0.4, 0.5) is 0 Å². The average Bonchev–Trinajstić information content (AvgIpc) is 2.42. The fourth-order valence-corrected chi connectivity index (χ4v) is 0.945. The van der Waals surface area contributed by atoms with Crippen LogP contribution in [0.2, 0.25) is 0 Å². The van der Waals surface area contributed by atoms with Crippen LogP contribution in [0.3, 0.4) is 0 Å². The number of carboxylic acid groups (broad SMARTS) is 1. The number of aliphatic carboxylic acids is 1. The maximum Gasteiger partial charge on any atom is 0.134 e. The van der Waals surface area contributed by atoms with Crippen LogP contribution in [0, 0.1) is 0 Å². The molecule has 3 heteroatoms. The zero-order valence-corrected chi connectivity index (χ0v) is 5.52. The Morgan fingerprint density at radius 2 is 2.44 bits per heavy atom. The molecule has 0 aromatic carbocycles. The van der Waals surface area contributed by atoms with Crippen LogP contribution >= 0.6 is 0 Å². The number of quaternary nitrogens is 1. The Hall–Kier alpha value is -0.570. The van der Waals surface area contributed by atoms with Crippen LogP contribution < -0.4 is 10.0 Å². The van der Waals surface area contributed by atoms with Gasteiger partial charge in [-0.2, -0.15) is 0 Å². The highest BCUT2D eigenvalue weighted by Gasteiger charge is 2.34. The zero-order valence-electron chi connectivity index (χ0n) is 5.52. The molecular formula is C6H11NO2. The van der Waals surface area contributed by atoms with Gasteiger partial charge in [0.25, 0.3) is 0 Å². The van der Waals surface area contributed by atoms with E-state index in [0.717, 1.165) is 13.1 Å². The van der Waals surface area contributed by atoms with Crippen molar-refractivity contribution in [3.63, 3.8) is 0 Å². The SMILES string of the molecule is C[C@H]1C[NH+]1CCC(=O)[O-]. The summed E-state index contributed by atoms with van der Waals surface area (Å²) in [5.74, 6) is -0.929. The lowest BCUT2D eigenvalue weighted by molar-refractivity contribution is -0.772. The lowest BCUT2D eigenvalue weighted by Crippen LogP contribution is -2.94. The summed E-state index contributed by atoms with van der Waals surface area (Å²) in [6, 6.07) is 0.685. The fraction of sp³-hybridized carbons (Fsp3) is 0.833. The first-order valence-corrected chi connectivity index (χ1v) is 3.24. The molecule has 0 aromatic rings. The van der Waals surface area contributed by atoms with Crippen molar-refractivity contribution in [2.75, 3.05) is 13.1 Å². The minimum Gasteiger partial charge on any atom is -0.550 e. The summed E-state index contributed by atoms with van der Waals surface area (Å²) in [5.41, 5.74) is 0. The van der Waals surface area contributed by atoms with Crippen molar-refractivity contribution in [1.82, 2.24) is 0 Å². The quantitative estimate of drug-likeness (QED) is 0.425. The highest BCUT2D eigenvalue weighted by Crippen LogP contribution is 1.83. The van der Waals surface area contributed by atoms with Crippen molar-refractivity contribution in [2.24, 2.45) is 0 Å². The number of hydrogen-bond acceptors (Lipinski definition) is 2. The van der Waals surface area contributed by atoms with Crippen LogP contribution in [0.15, 0.2) is 0 Å². The van der Waals surface area contributed by atoms with Crippen LogP contribution in [-0.4, -0.2) is 25.1 Å². The van der Waals surface area contributed by atoms with Crippen molar-refractivity contribution < 1.29 is 14.8 Å². The summed E-state index contributed by atoms with van der Waals surface area (Å²) in [6.07, 6.45) is 0.208. The molecule has 0 aliphatic carbocycles. The van der Waals surface area contributed by atoms with Gasteiger partial charge in [-0.1, -0.05) is 0 Å². The molecule has 1 fully saturated rings. The molecule has 1 heterocycles. The Bertz CT molecular complexity index is 124. The Kier molecular flexibility index (Phi) is 1.71. The van der Waals surface area contributed by atoms with Crippen LogP contribution in [-0.2, 0) is 4.79 Å². The number of carbonyl (C=O) groups is 1. The average molecular weight is 129 g/mol. The van der Waals surface area contributed by atoms with Crippen LogP contribution in [0.5, 0.6) is 0 Å². The molecule has 52 valence electrons. The van der Waals surface area contributed by atoms with Gasteiger partial charge < -0.3 is 14.8 Å². The van der Waals surface area contributed by atoms with Crippen molar-refractivity contribution in [3.8, 4) is 0 Å². The molecule has 9 heavy (non-hydrogen) atoms. The number of rotatable bonds is 3. The van der Waals surface area contributed by atoms with Gasteiger partial charge in [0.2, 0.25) is 0 Å². The Morgan fingerprint density at radius 3 is 2.78 bits per heavy atom. The Labute approximate surface area is 54.3 Å². The second-order valence-electron chi connectivity index (χ2n) is 2.64. The minimum atomic E-state index is -0.929. The van der Waals surface area contributed by atoms with Gasteiger partial charge in [-0.05, 0) is 6.92 Å². The molecule has 1 unspecified atom stereocenters. The van der Waals surface area contributed by atoms with E-state index in [0.29, 0.717) is 6.04 Å². The fourth-order valence-electron chi connectivity index (χ4n) is 0.945. The summed E-state index contributed by atoms with van der Waals surface area (Å²) in [4.78, 5) is 11.3. The smallest absolute Gasteiger partial charge is 0.134 e. The molecule has 1 aliphatic heterocycles. The van der Waals surface area contributed by atoms with E-state index in [-0.39, 0.29) is 6.42 Å². The van der Waals surface area contributed by atoms with Crippen molar-refractivity contribution in [1.29, 1.82) is 0 Å². The highest BCUT2D eigenvalue weighted by molar-refractivity contribution is 5.64. The Balaban J connectivity index is 2.00. The molecule has 3 nitrogen and oxygen atoms in total. The third kappa shape index (κ3) is 2.01. The largest absolute Gasteiger partial charge is 0.550 e. The van der Waals surface area contributed by atoms with Gasteiger partial charge in [0.1, 0.15) is 12.6 Å². The first-order chi connectivity index (χ1) is 4.20. The predicted molar refractivity (Wildman–Crippen MR) is 29.8 cm³/mol. The summed E-state index contributed by atoms with van der Waals surface area (Å²) in [5, 5.41) is 9.91. The molecule has 0 amide bonds. The van der Waals surface area contributed by atoms with E-state index in [1.807, 2.05) is 0 Å². The lowest BCUT2D eigenvalue weighted by Gasteiger charge is -1.98. The summed E-state index contributed by atoms with van der Waals surface area (Å²) in [7, 11) is 0. The second-order valence-corrected chi connectivity index (χ2v) is 2.64. The minimum absolute atomic E-state index is 0.208. The number of nitrogens with one attached hydrogen (secondary N) is 1. The third-order valence-electron chi connectivity index (χ3n) is 1.76.